The summed E-state index contributed by atoms with van der Waals surface area (Å²) in [5.74, 6) is 0. The summed E-state index contributed by atoms with van der Waals surface area (Å²) in [7, 11) is 1.82. The second-order valence-corrected chi connectivity index (χ2v) is 5.30. The molecule has 0 saturated heterocycles. The highest BCUT2D eigenvalue weighted by molar-refractivity contribution is 7.11. The van der Waals surface area contributed by atoms with Crippen LogP contribution in [-0.4, -0.2) is 18.6 Å². The van der Waals surface area contributed by atoms with Gasteiger partial charge in [-0.2, -0.15) is 13.2 Å². The van der Waals surface area contributed by atoms with Crippen molar-refractivity contribution in [3.63, 3.8) is 0 Å². The quantitative estimate of drug-likeness (QED) is 0.891. The molecule has 1 heterocycles. The Morgan fingerprint density at radius 1 is 1.38 bits per heavy atom. The molecule has 0 aliphatic rings. The second kappa shape index (κ2) is 4.71. The van der Waals surface area contributed by atoms with E-state index in [-0.39, 0.29) is 5.41 Å². The number of nitrogens with zero attached hydrogens (tertiary/aromatic N) is 1. The van der Waals surface area contributed by atoms with Gasteiger partial charge < -0.3 is 5.32 Å². The molecular weight excluding hydrogens is 237 g/mol. The van der Waals surface area contributed by atoms with Crippen LogP contribution in [0, 0.1) is 0 Å². The standard InChI is InChI=1S/C10H15F3N2S/c1-9(2,4-5-14-3)7-6-15-8(16-7)10(11,12)13/h6,14H,4-5H2,1-3H3. The second-order valence-electron chi connectivity index (χ2n) is 4.26. The molecule has 0 aliphatic heterocycles. The maximum atomic E-state index is 12.4. The van der Waals surface area contributed by atoms with E-state index in [1.165, 1.54) is 6.20 Å². The Labute approximate surface area is 96.9 Å². The van der Waals surface area contributed by atoms with E-state index in [1.54, 1.807) is 0 Å². The molecular formula is C10H15F3N2S. The van der Waals surface area contributed by atoms with Crippen LogP contribution in [0.5, 0.6) is 0 Å². The molecule has 0 fully saturated rings. The summed E-state index contributed by atoms with van der Waals surface area (Å²) in [5, 5.41) is 2.23. The summed E-state index contributed by atoms with van der Waals surface area (Å²) >= 11 is 0.733. The number of halogens is 3. The van der Waals surface area contributed by atoms with Crippen LogP contribution >= 0.6 is 11.3 Å². The lowest BCUT2D eigenvalue weighted by Crippen LogP contribution is -2.22. The molecule has 0 aliphatic carbocycles. The zero-order valence-corrected chi connectivity index (χ0v) is 10.3. The van der Waals surface area contributed by atoms with E-state index in [9.17, 15) is 13.2 Å². The van der Waals surface area contributed by atoms with Crippen LogP contribution in [0.2, 0.25) is 0 Å². The largest absolute Gasteiger partial charge is 0.443 e. The van der Waals surface area contributed by atoms with E-state index < -0.39 is 11.2 Å². The van der Waals surface area contributed by atoms with Crippen molar-refractivity contribution in [1.29, 1.82) is 0 Å². The normalized spacial score (nSPS) is 13.1. The zero-order valence-electron chi connectivity index (χ0n) is 9.48. The molecule has 0 aromatic carbocycles. The average Bonchev–Trinajstić information content (AvgIpc) is 2.63. The zero-order chi connectivity index (χ0) is 12.4. The van der Waals surface area contributed by atoms with E-state index in [1.807, 2.05) is 20.9 Å². The Bertz CT molecular complexity index is 344. The van der Waals surface area contributed by atoms with Gasteiger partial charge >= 0.3 is 6.18 Å². The van der Waals surface area contributed by atoms with E-state index in [2.05, 4.69) is 10.3 Å². The van der Waals surface area contributed by atoms with Crippen molar-refractivity contribution in [3.8, 4) is 0 Å². The van der Waals surface area contributed by atoms with Crippen molar-refractivity contribution in [1.82, 2.24) is 10.3 Å². The molecule has 1 rings (SSSR count). The van der Waals surface area contributed by atoms with Gasteiger partial charge in [-0.1, -0.05) is 13.8 Å². The maximum absolute atomic E-state index is 12.4. The van der Waals surface area contributed by atoms with Crippen molar-refractivity contribution in [2.24, 2.45) is 0 Å². The summed E-state index contributed by atoms with van der Waals surface area (Å²) in [4.78, 5) is 4.11. The first-order valence-corrected chi connectivity index (χ1v) is 5.77. The Hall–Kier alpha value is -0.620. The van der Waals surface area contributed by atoms with Crippen molar-refractivity contribution in [2.45, 2.75) is 31.9 Å². The molecule has 92 valence electrons. The Morgan fingerprint density at radius 3 is 2.44 bits per heavy atom. The summed E-state index contributed by atoms with van der Waals surface area (Å²) in [6.07, 6.45) is -2.21. The van der Waals surface area contributed by atoms with Gasteiger partial charge in [0, 0.05) is 16.5 Å². The Kier molecular flexibility index (Phi) is 3.96. The van der Waals surface area contributed by atoms with E-state index >= 15 is 0 Å². The average molecular weight is 252 g/mol. The molecule has 0 amide bonds. The topological polar surface area (TPSA) is 24.9 Å². The minimum absolute atomic E-state index is 0.274. The third kappa shape index (κ3) is 3.18. The number of hydrogen-bond acceptors (Lipinski definition) is 3. The highest BCUT2D eigenvalue weighted by atomic mass is 32.1. The first kappa shape index (κ1) is 13.4. The fourth-order valence-corrected chi connectivity index (χ4v) is 2.19. The molecule has 0 bridgehead atoms. The van der Waals surface area contributed by atoms with Gasteiger partial charge in [0.25, 0.3) is 0 Å². The number of aromatic nitrogens is 1. The number of alkyl halides is 3. The predicted molar refractivity (Wildman–Crippen MR) is 58.7 cm³/mol. The molecule has 0 saturated carbocycles. The van der Waals surface area contributed by atoms with Crippen LogP contribution in [0.15, 0.2) is 6.20 Å². The lowest BCUT2D eigenvalue weighted by atomic mass is 9.88. The molecule has 16 heavy (non-hydrogen) atoms. The minimum atomic E-state index is -4.33. The third-order valence-corrected chi connectivity index (χ3v) is 3.82. The van der Waals surface area contributed by atoms with Gasteiger partial charge in [0.2, 0.25) is 0 Å². The van der Waals surface area contributed by atoms with Crippen molar-refractivity contribution in [3.05, 3.63) is 16.1 Å². The van der Waals surface area contributed by atoms with Gasteiger partial charge in [0.05, 0.1) is 0 Å². The molecule has 0 spiro atoms. The first-order valence-electron chi connectivity index (χ1n) is 4.95. The minimum Gasteiger partial charge on any atom is -0.320 e. The van der Waals surface area contributed by atoms with Gasteiger partial charge in [0.15, 0.2) is 5.01 Å². The molecule has 1 aromatic heterocycles. The molecule has 6 heteroatoms. The molecule has 0 radical (unpaired) electrons. The number of thiazole rings is 1. The van der Waals surface area contributed by atoms with Crippen LogP contribution in [0.4, 0.5) is 13.2 Å². The lowest BCUT2D eigenvalue weighted by molar-refractivity contribution is -0.137. The smallest absolute Gasteiger partial charge is 0.320 e. The van der Waals surface area contributed by atoms with E-state index in [0.29, 0.717) is 4.88 Å². The van der Waals surface area contributed by atoms with Crippen molar-refractivity contribution in [2.75, 3.05) is 13.6 Å². The van der Waals surface area contributed by atoms with Crippen LogP contribution in [0.1, 0.15) is 30.2 Å². The first-order chi connectivity index (χ1) is 7.27. The number of hydrogen-bond donors (Lipinski definition) is 1. The summed E-state index contributed by atoms with van der Waals surface area (Å²) in [6.45, 7) is 4.63. The van der Waals surface area contributed by atoms with Crippen molar-refractivity contribution >= 4 is 11.3 Å². The van der Waals surface area contributed by atoms with Gasteiger partial charge in [-0.3, -0.25) is 0 Å². The maximum Gasteiger partial charge on any atom is 0.443 e. The Morgan fingerprint density at radius 2 is 2.00 bits per heavy atom. The lowest BCUT2D eigenvalue weighted by Gasteiger charge is -2.22. The van der Waals surface area contributed by atoms with E-state index in [4.69, 9.17) is 0 Å². The highest BCUT2D eigenvalue weighted by Gasteiger charge is 2.36. The Balaban J connectivity index is 2.84. The van der Waals surface area contributed by atoms with Gasteiger partial charge in [-0.05, 0) is 20.0 Å². The predicted octanol–water partition coefficient (Wildman–Crippen LogP) is 3.05. The fraction of sp³-hybridized carbons (Fsp3) is 0.700. The number of rotatable bonds is 4. The van der Waals surface area contributed by atoms with E-state index in [0.717, 1.165) is 24.3 Å². The van der Waals surface area contributed by atoms with Crippen LogP contribution in [0.25, 0.3) is 0 Å². The van der Waals surface area contributed by atoms with Gasteiger partial charge in [0.1, 0.15) is 0 Å². The molecule has 1 aromatic rings. The van der Waals surface area contributed by atoms with Crippen LogP contribution in [0.3, 0.4) is 0 Å². The number of nitrogens with one attached hydrogen (secondary N) is 1. The SMILES string of the molecule is CNCCC(C)(C)c1cnc(C(F)(F)F)s1. The van der Waals surface area contributed by atoms with Crippen LogP contribution in [-0.2, 0) is 11.6 Å². The van der Waals surface area contributed by atoms with Gasteiger partial charge in [-0.25, -0.2) is 4.98 Å². The molecule has 2 nitrogen and oxygen atoms in total. The molecule has 0 unspecified atom stereocenters. The molecule has 0 atom stereocenters. The molecule has 1 N–H and O–H groups in total. The summed E-state index contributed by atoms with van der Waals surface area (Å²) in [5.41, 5.74) is -0.274. The highest BCUT2D eigenvalue weighted by Crippen LogP contribution is 2.37. The third-order valence-electron chi connectivity index (χ3n) is 2.42. The summed E-state index contributed by atoms with van der Waals surface area (Å²) in [6, 6.07) is 0. The summed E-state index contributed by atoms with van der Waals surface area (Å²) < 4.78 is 37.1. The fourth-order valence-electron chi connectivity index (χ4n) is 1.28. The van der Waals surface area contributed by atoms with Gasteiger partial charge in [-0.15, -0.1) is 11.3 Å². The van der Waals surface area contributed by atoms with Crippen molar-refractivity contribution < 1.29 is 13.2 Å². The van der Waals surface area contributed by atoms with Crippen LogP contribution < -0.4 is 5.32 Å². The monoisotopic (exact) mass is 252 g/mol.